The van der Waals surface area contributed by atoms with Gasteiger partial charge in [-0.1, -0.05) is 12.1 Å². The standard InChI is InChI=1S/C17H20N4O2/c18-6-5-14-1-3-17(4-2-14)23-12-16(22)11-20-7-8-21-13-19-9-15(21)10-20/h1-4,9,13,16,22H,5,7-8,10-12H2. The molecular weight excluding hydrogens is 292 g/mol. The molecule has 0 aliphatic carbocycles. The highest BCUT2D eigenvalue weighted by atomic mass is 16.5. The van der Waals surface area contributed by atoms with E-state index in [0.29, 0.717) is 18.7 Å². The van der Waals surface area contributed by atoms with Gasteiger partial charge >= 0.3 is 0 Å². The van der Waals surface area contributed by atoms with Gasteiger partial charge in [-0.2, -0.15) is 5.26 Å². The van der Waals surface area contributed by atoms with E-state index in [4.69, 9.17) is 10.00 Å². The summed E-state index contributed by atoms with van der Waals surface area (Å²) in [5.74, 6) is 0.711. The van der Waals surface area contributed by atoms with E-state index in [2.05, 4.69) is 20.5 Å². The van der Waals surface area contributed by atoms with Crippen LogP contribution >= 0.6 is 0 Å². The number of hydrogen-bond donors (Lipinski definition) is 1. The molecule has 2 aromatic rings. The Kier molecular flexibility index (Phi) is 4.91. The molecule has 0 spiro atoms. The largest absolute Gasteiger partial charge is 0.491 e. The summed E-state index contributed by atoms with van der Waals surface area (Å²) in [6, 6.07) is 9.52. The zero-order valence-electron chi connectivity index (χ0n) is 12.9. The van der Waals surface area contributed by atoms with Gasteiger partial charge in [0, 0.05) is 32.4 Å². The second kappa shape index (κ2) is 7.27. The number of aromatic nitrogens is 2. The molecule has 3 rings (SSSR count). The maximum Gasteiger partial charge on any atom is 0.119 e. The highest BCUT2D eigenvalue weighted by Gasteiger charge is 2.18. The van der Waals surface area contributed by atoms with Gasteiger partial charge in [-0.3, -0.25) is 4.90 Å². The van der Waals surface area contributed by atoms with E-state index in [1.54, 1.807) is 0 Å². The number of nitriles is 1. The fourth-order valence-corrected chi connectivity index (χ4v) is 2.73. The van der Waals surface area contributed by atoms with Crippen molar-refractivity contribution in [3.05, 3.63) is 48.0 Å². The molecule has 1 unspecified atom stereocenters. The molecule has 23 heavy (non-hydrogen) atoms. The molecule has 1 aliphatic rings. The first-order valence-electron chi connectivity index (χ1n) is 7.72. The summed E-state index contributed by atoms with van der Waals surface area (Å²) in [5.41, 5.74) is 2.14. The molecule has 6 heteroatoms. The molecule has 0 saturated heterocycles. The molecule has 120 valence electrons. The van der Waals surface area contributed by atoms with Crippen molar-refractivity contribution in [3.63, 3.8) is 0 Å². The first-order chi connectivity index (χ1) is 11.2. The van der Waals surface area contributed by atoms with Gasteiger partial charge in [0.2, 0.25) is 0 Å². The number of aliphatic hydroxyl groups is 1. The zero-order valence-corrected chi connectivity index (χ0v) is 12.9. The van der Waals surface area contributed by atoms with Crippen molar-refractivity contribution < 1.29 is 9.84 Å². The second-order valence-electron chi connectivity index (χ2n) is 5.76. The summed E-state index contributed by atoms with van der Waals surface area (Å²) in [6.45, 7) is 3.46. The Morgan fingerprint density at radius 2 is 2.13 bits per heavy atom. The maximum atomic E-state index is 10.2. The molecule has 1 aliphatic heterocycles. The number of fused-ring (bicyclic) bond motifs is 1. The van der Waals surface area contributed by atoms with Gasteiger partial charge < -0.3 is 14.4 Å². The Bertz CT molecular complexity index is 675. The molecular formula is C17H20N4O2. The minimum Gasteiger partial charge on any atom is -0.491 e. The number of nitrogens with zero attached hydrogens (tertiary/aromatic N) is 4. The van der Waals surface area contributed by atoms with Crippen molar-refractivity contribution in [2.75, 3.05) is 19.7 Å². The first-order valence-corrected chi connectivity index (χ1v) is 7.72. The van der Waals surface area contributed by atoms with Gasteiger partial charge in [-0.15, -0.1) is 0 Å². The van der Waals surface area contributed by atoms with Crippen molar-refractivity contribution in [2.24, 2.45) is 0 Å². The van der Waals surface area contributed by atoms with Crippen LogP contribution in [0.1, 0.15) is 11.3 Å². The van der Waals surface area contributed by atoms with Crippen LogP contribution in [-0.2, 0) is 19.5 Å². The van der Waals surface area contributed by atoms with Crippen LogP contribution in [0.2, 0.25) is 0 Å². The Morgan fingerprint density at radius 3 is 2.91 bits per heavy atom. The summed E-state index contributed by atoms with van der Waals surface area (Å²) in [7, 11) is 0. The lowest BCUT2D eigenvalue weighted by molar-refractivity contribution is 0.0590. The molecule has 0 amide bonds. The van der Waals surface area contributed by atoms with Crippen LogP contribution < -0.4 is 4.74 Å². The van der Waals surface area contributed by atoms with Crippen LogP contribution in [-0.4, -0.2) is 45.4 Å². The summed E-state index contributed by atoms with van der Waals surface area (Å²) in [6.07, 6.45) is 3.58. The molecule has 1 atom stereocenters. The predicted molar refractivity (Wildman–Crippen MR) is 84.8 cm³/mol. The van der Waals surface area contributed by atoms with Crippen LogP contribution in [0.5, 0.6) is 5.75 Å². The van der Waals surface area contributed by atoms with E-state index < -0.39 is 6.10 Å². The molecule has 0 fully saturated rings. The van der Waals surface area contributed by atoms with E-state index in [1.807, 2.05) is 36.8 Å². The quantitative estimate of drug-likeness (QED) is 0.867. The summed E-state index contributed by atoms with van der Waals surface area (Å²) in [4.78, 5) is 6.35. The number of β-amino-alcohol motifs (C(OH)–C–C–N with tert-alkyl or cyclic N) is 1. The average molecular weight is 312 g/mol. The number of hydrogen-bond acceptors (Lipinski definition) is 5. The molecule has 0 radical (unpaired) electrons. The lowest BCUT2D eigenvalue weighted by Crippen LogP contribution is -2.40. The van der Waals surface area contributed by atoms with Gasteiger partial charge in [0.25, 0.3) is 0 Å². The molecule has 0 bridgehead atoms. The Morgan fingerprint density at radius 1 is 1.30 bits per heavy atom. The highest BCUT2D eigenvalue weighted by Crippen LogP contribution is 2.14. The molecule has 1 aromatic heterocycles. The average Bonchev–Trinajstić information content (AvgIpc) is 3.02. The van der Waals surface area contributed by atoms with Crippen molar-refractivity contribution in [2.45, 2.75) is 25.6 Å². The SMILES string of the molecule is N#CCc1ccc(OCC(O)CN2CCn3cncc3C2)cc1. The van der Waals surface area contributed by atoms with E-state index in [0.717, 1.165) is 25.2 Å². The Hall–Kier alpha value is -2.36. The third-order valence-corrected chi connectivity index (χ3v) is 3.96. The van der Waals surface area contributed by atoms with Gasteiger partial charge in [-0.25, -0.2) is 4.98 Å². The minimum absolute atomic E-state index is 0.257. The molecule has 0 saturated carbocycles. The van der Waals surface area contributed by atoms with Crippen molar-refractivity contribution in [1.29, 1.82) is 5.26 Å². The molecule has 1 aromatic carbocycles. The van der Waals surface area contributed by atoms with Crippen molar-refractivity contribution in [1.82, 2.24) is 14.5 Å². The molecule has 6 nitrogen and oxygen atoms in total. The smallest absolute Gasteiger partial charge is 0.119 e. The minimum atomic E-state index is -0.539. The summed E-state index contributed by atoms with van der Waals surface area (Å²) in [5, 5.41) is 18.8. The lowest BCUT2D eigenvalue weighted by atomic mass is 10.2. The zero-order chi connectivity index (χ0) is 16.1. The van der Waals surface area contributed by atoms with Crippen LogP contribution in [0.15, 0.2) is 36.8 Å². The van der Waals surface area contributed by atoms with Gasteiger partial charge in [0.1, 0.15) is 18.5 Å². The van der Waals surface area contributed by atoms with Crippen LogP contribution in [0, 0.1) is 11.3 Å². The number of benzene rings is 1. The van der Waals surface area contributed by atoms with E-state index in [-0.39, 0.29) is 6.61 Å². The number of imidazole rings is 1. The monoisotopic (exact) mass is 312 g/mol. The van der Waals surface area contributed by atoms with Gasteiger partial charge in [0.15, 0.2) is 0 Å². The lowest BCUT2D eigenvalue weighted by Gasteiger charge is -2.29. The van der Waals surface area contributed by atoms with E-state index >= 15 is 0 Å². The van der Waals surface area contributed by atoms with E-state index in [1.165, 1.54) is 5.69 Å². The van der Waals surface area contributed by atoms with Crippen LogP contribution in [0.25, 0.3) is 0 Å². The van der Waals surface area contributed by atoms with Crippen molar-refractivity contribution in [3.8, 4) is 11.8 Å². The topological polar surface area (TPSA) is 74.3 Å². The third kappa shape index (κ3) is 4.09. The third-order valence-electron chi connectivity index (χ3n) is 3.96. The number of aliphatic hydroxyl groups excluding tert-OH is 1. The molecule has 2 heterocycles. The fourth-order valence-electron chi connectivity index (χ4n) is 2.73. The highest BCUT2D eigenvalue weighted by molar-refractivity contribution is 5.28. The Labute approximate surface area is 135 Å². The fraction of sp³-hybridized carbons (Fsp3) is 0.412. The van der Waals surface area contributed by atoms with Crippen LogP contribution in [0.3, 0.4) is 0 Å². The predicted octanol–water partition coefficient (Wildman–Crippen LogP) is 1.20. The summed E-state index contributed by atoms with van der Waals surface area (Å²) < 4.78 is 7.76. The second-order valence-corrected chi connectivity index (χ2v) is 5.76. The normalized spacial score (nSPS) is 15.7. The van der Waals surface area contributed by atoms with Gasteiger partial charge in [0.05, 0.1) is 24.5 Å². The van der Waals surface area contributed by atoms with E-state index in [9.17, 15) is 5.11 Å². The Balaban J connectivity index is 1.45. The first kappa shape index (κ1) is 15.5. The number of rotatable bonds is 6. The summed E-state index contributed by atoms with van der Waals surface area (Å²) >= 11 is 0. The van der Waals surface area contributed by atoms with Gasteiger partial charge in [-0.05, 0) is 17.7 Å². The number of ether oxygens (including phenoxy) is 1. The maximum absolute atomic E-state index is 10.2. The molecule has 1 N–H and O–H groups in total. The van der Waals surface area contributed by atoms with Crippen molar-refractivity contribution >= 4 is 0 Å². The van der Waals surface area contributed by atoms with Crippen LogP contribution in [0.4, 0.5) is 0 Å².